The Balaban J connectivity index is 1.77. The number of hydrogen-bond acceptors (Lipinski definition) is 6. The van der Waals surface area contributed by atoms with E-state index < -0.39 is 11.9 Å². The third kappa shape index (κ3) is 6.85. The molecule has 0 aliphatic rings. The molecule has 3 rings (SSSR count). The SMILES string of the molecule is COC(=O)c1ccc(NC(=O)/C(C#N)=C/c2cc(Cl)c(OCc3ccc(Br)cc3)c(OC)c2)cc1. The number of rotatable bonds is 8. The van der Waals surface area contributed by atoms with Crippen LogP contribution in [0.4, 0.5) is 5.69 Å². The molecular formula is C26H20BrClN2O5. The first-order chi connectivity index (χ1) is 16.8. The van der Waals surface area contributed by atoms with Crippen LogP contribution < -0.4 is 14.8 Å². The minimum Gasteiger partial charge on any atom is -0.493 e. The number of nitrogens with one attached hydrogen (secondary N) is 1. The van der Waals surface area contributed by atoms with Gasteiger partial charge in [-0.3, -0.25) is 4.79 Å². The number of methoxy groups -OCH3 is 2. The van der Waals surface area contributed by atoms with E-state index in [2.05, 4.69) is 26.0 Å². The van der Waals surface area contributed by atoms with Crippen LogP contribution in [0, 0.1) is 11.3 Å². The van der Waals surface area contributed by atoms with E-state index in [9.17, 15) is 14.9 Å². The highest BCUT2D eigenvalue weighted by molar-refractivity contribution is 9.10. The molecule has 178 valence electrons. The summed E-state index contributed by atoms with van der Waals surface area (Å²) in [6.45, 7) is 0.277. The molecule has 0 aliphatic carbocycles. The number of benzene rings is 3. The maximum Gasteiger partial charge on any atom is 0.337 e. The van der Waals surface area contributed by atoms with E-state index in [1.165, 1.54) is 44.6 Å². The number of esters is 1. The molecule has 0 saturated carbocycles. The molecule has 3 aromatic rings. The summed E-state index contributed by atoms with van der Waals surface area (Å²) in [4.78, 5) is 24.2. The summed E-state index contributed by atoms with van der Waals surface area (Å²) >= 11 is 9.82. The maximum atomic E-state index is 12.6. The normalized spacial score (nSPS) is 10.8. The van der Waals surface area contributed by atoms with Crippen molar-refractivity contribution in [2.45, 2.75) is 6.61 Å². The molecular weight excluding hydrogens is 536 g/mol. The zero-order valence-electron chi connectivity index (χ0n) is 18.8. The molecule has 0 fully saturated rings. The molecule has 1 N–H and O–H groups in total. The van der Waals surface area contributed by atoms with Gasteiger partial charge in [0.15, 0.2) is 11.5 Å². The molecule has 0 radical (unpaired) electrons. The lowest BCUT2D eigenvalue weighted by molar-refractivity contribution is -0.112. The van der Waals surface area contributed by atoms with E-state index in [-0.39, 0.29) is 17.2 Å². The molecule has 1 amide bonds. The van der Waals surface area contributed by atoms with Crippen LogP contribution in [-0.2, 0) is 16.1 Å². The number of ether oxygens (including phenoxy) is 3. The highest BCUT2D eigenvalue weighted by atomic mass is 79.9. The Labute approximate surface area is 216 Å². The van der Waals surface area contributed by atoms with Gasteiger partial charge in [0.2, 0.25) is 0 Å². The molecule has 0 bridgehead atoms. The van der Waals surface area contributed by atoms with Crippen LogP contribution in [0.2, 0.25) is 5.02 Å². The third-order valence-corrected chi connectivity index (χ3v) is 5.60. The van der Waals surface area contributed by atoms with E-state index in [4.69, 9.17) is 21.1 Å². The van der Waals surface area contributed by atoms with Gasteiger partial charge < -0.3 is 19.5 Å². The standard InChI is InChI=1S/C26H20BrClN2O5/c1-33-23-13-17(12-22(28)24(23)35-15-16-3-7-20(27)8-4-16)11-19(14-29)25(31)30-21-9-5-18(6-10-21)26(32)34-2/h3-13H,15H2,1-2H3,(H,30,31)/b19-11+. The Bertz CT molecular complexity index is 1300. The van der Waals surface area contributed by atoms with Gasteiger partial charge in [0.1, 0.15) is 18.2 Å². The van der Waals surface area contributed by atoms with Crippen LogP contribution in [0.15, 0.2) is 70.7 Å². The van der Waals surface area contributed by atoms with Crippen molar-refractivity contribution in [3.05, 3.63) is 92.4 Å². The van der Waals surface area contributed by atoms with Gasteiger partial charge in [-0.1, -0.05) is 39.7 Å². The fourth-order valence-corrected chi connectivity index (χ4v) is 3.56. The Morgan fingerprint density at radius 3 is 2.37 bits per heavy atom. The summed E-state index contributed by atoms with van der Waals surface area (Å²) in [5, 5.41) is 12.4. The monoisotopic (exact) mass is 554 g/mol. The number of amides is 1. The van der Waals surface area contributed by atoms with Gasteiger partial charge in [0.25, 0.3) is 5.91 Å². The summed E-state index contributed by atoms with van der Waals surface area (Å²) < 4.78 is 16.9. The van der Waals surface area contributed by atoms with Gasteiger partial charge in [0.05, 0.1) is 24.8 Å². The molecule has 9 heteroatoms. The minimum absolute atomic E-state index is 0.149. The van der Waals surface area contributed by atoms with Gasteiger partial charge in [-0.2, -0.15) is 5.26 Å². The zero-order valence-corrected chi connectivity index (χ0v) is 21.1. The molecule has 0 heterocycles. The average molecular weight is 556 g/mol. The second-order valence-electron chi connectivity index (χ2n) is 7.14. The third-order valence-electron chi connectivity index (χ3n) is 4.79. The van der Waals surface area contributed by atoms with Gasteiger partial charge in [0, 0.05) is 10.2 Å². The topological polar surface area (TPSA) is 97.7 Å². The Hall–Kier alpha value is -3.80. The number of halogens is 2. The molecule has 0 spiro atoms. The number of nitriles is 1. The first-order valence-electron chi connectivity index (χ1n) is 10.2. The van der Waals surface area contributed by atoms with E-state index >= 15 is 0 Å². The number of hydrogen-bond donors (Lipinski definition) is 1. The zero-order chi connectivity index (χ0) is 25.4. The number of nitrogens with zero attached hydrogens (tertiary/aromatic N) is 1. The van der Waals surface area contributed by atoms with Crippen molar-refractivity contribution >= 4 is 51.2 Å². The van der Waals surface area contributed by atoms with Gasteiger partial charge >= 0.3 is 5.97 Å². The van der Waals surface area contributed by atoms with Crippen molar-refractivity contribution in [1.29, 1.82) is 5.26 Å². The lowest BCUT2D eigenvalue weighted by Gasteiger charge is -2.14. The summed E-state index contributed by atoms with van der Waals surface area (Å²) in [5.41, 5.74) is 2.03. The van der Waals surface area contributed by atoms with Crippen molar-refractivity contribution in [3.8, 4) is 17.6 Å². The lowest BCUT2D eigenvalue weighted by atomic mass is 10.1. The van der Waals surface area contributed by atoms with Crippen LogP contribution in [0.3, 0.4) is 0 Å². The summed E-state index contributed by atoms with van der Waals surface area (Å²) in [7, 11) is 2.76. The largest absolute Gasteiger partial charge is 0.493 e. The van der Waals surface area contributed by atoms with Crippen LogP contribution >= 0.6 is 27.5 Å². The lowest BCUT2D eigenvalue weighted by Crippen LogP contribution is -2.13. The molecule has 0 saturated heterocycles. The smallest absolute Gasteiger partial charge is 0.337 e. The highest BCUT2D eigenvalue weighted by Gasteiger charge is 2.15. The molecule has 0 unspecified atom stereocenters. The van der Waals surface area contributed by atoms with Crippen LogP contribution in [0.25, 0.3) is 6.08 Å². The van der Waals surface area contributed by atoms with E-state index in [1.807, 2.05) is 30.3 Å². The Kier molecular flexibility index (Phi) is 8.90. The number of anilines is 1. The first kappa shape index (κ1) is 25.8. The minimum atomic E-state index is -0.621. The van der Waals surface area contributed by atoms with Gasteiger partial charge in [-0.05, 0) is 65.7 Å². The van der Waals surface area contributed by atoms with Crippen LogP contribution in [0.1, 0.15) is 21.5 Å². The van der Waals surface area contributed by atoms with E-state index in [0.29, 0.717) is 28.3 Å². The molecule has 0 aromatic heterocycles. The van der Waals surface area contributed by atoms with Crippen molar-refractivity contribution < 1.29 is 23.8 Å². The molecule has 35 heavy (non-hydrogen) atoms. The van der Waals surface area contributed by atoms with E-state index in [0.717, 1.165) is 10.0 Å². The molecule has 0 atom stereocenters. The highest BCUT2D eigenvalue weighted by Crippen LogP contribution is 2.37. The number of carbonyl (C=O) groups is 2. The van der Waals surface area contributed by atoms with E-state index in [1.54, 1.807) is 12.1 Å². The Morgan fingerprint density at radius 2 is 1.77 bits per heavy atom. The molecule has 0 aliphatic heterocycles. The quantitative estimate of drug-likeness (QED) is 0.207. The maximum absolute atomic E-state index is 12.6. The van der Waals surface area contributed by atoms with Gasteiger partial charge in [-0.25, -0.2) is 4.79 Å². The Morgan fingerprint density at radius 1 is 1.09 bits per heavy atom. The fourth-order valence-electron chi connectivity index (χ4n) is 3.02. The van der Waals surface area contributed by atoms with Crippen LogP contribution in [-0.4, -0.2) is 26.1 Å². The molecule has 7 nitrogen and oxygen atoms in total. The predicted molar refractivity (Wildman–Crippen MR) is 136 cm³/mol. The van der Waals surface area contributed by atoms with Crippen molar-refractivity contribution in [2.75, 3.05) is 19.5 Å². The predicted octanol–water partition coefficient (Wildman–Crippen LogP) is 6.02. The van der Waals surface area contributed by atoms with Crippen molar-refractivity contribution in [2.24, 2.45) is 0 Å². The second kappa shape index (κ2) is 12.1. The summed E-state index contributed by atoms with van der Waals surface area (Å²) in [6.07, 6.45) is 1.39. The average Bonchev–Trinajstić information content (AvgIpc) is 2.87. The fraction of sp³-hybridized carbons (Fsp3) is 0.115. The van der Waals surface area contributed by atoms with Crippen molar-refractivity contribution in [1.82, 2.24) is 0 Å². The second-order valence-corrected chi connectivity index (χ2v) is 8.47. The summed E-state index contributed by atoms with van der Waals surface area (Å²) in [5.74, 6) is -0.403. The number of carbonyl (C=O) groups excluding carboxylic acids is 2. The first-order valence-corrected chi connectivity index (χ1v) is 11.4. The van der Waals surface area contributed by atoms with Crippen molar-refractivity contribution in [3.63, 3.8) is 0 Å². The summed E-state index contributed by atoms with van der Waals surface area (Å²) in [6, 6.07) is 18.8. The molecule has 3 aromatic carbocycles. The van der Waals surface area contributed by atoms with Gasteiger partial charge in [-0.15, -0.1) is 0 Å². The van der Waals surface area contributed by atoms with Crippen LogP contribution in [0.5, 0.6) is 11.5 Å².